The molecule has 0 aromatic carbocycles. The van der Waals surface area contributed by atoms with Gasteiger partial charge >= 0.3 is 5.97 Å². The van der Waals surface area contributed by atoms with E-state index in [1.807, 2.05) is 0 Å². The highest BCUT2D eigenvalue weighted by molar-refractivity contribution is 5.72. The van der Waals surface area contributed by atoms with Gasteiger partial charge in [0.1, 0.15) is 30.5 Å². The predicted octanol–water partition coefficient (Wildman–Crippen LogP) is -3.52. The molecular weight excluding hydrogens is 276 g/mol. The van der Waals surface area contributed by atoms with Gasteiger partial charge in [-0.3, -0.25) is 4.79 Å². The second-order valence-electron chi connectivity index (χ2n) is 4.83. The molecule has 2 fully saturated rings. The maximum atomic E-state index is 10.9. The maximum Gasteiger partial charge on any atom is 0.309 e. The minimum atomic E-state index is -1.54. The standard InChI is InChI=1S/C11H18O9/c12-2-5-8(15)9(16)10(17)11(20-5)18-3-6-4(13)1-7(14)19-6/h4-6,8-13,15-17H,1-3H2. The summed E-state index contributed by atoms with van der Waals surface area (Å²) in [6, 6.07) is 0. The number of carbonyl (C=O) groups is 1. The second kappa shape index (κ2) is 6.31. The lowest BCUT2D eigenvalue weighted by atomic mass is 9.99. The van der Waals surface area contributed by atoms with Gasteiger partial charge in [0.25, 0.3) is 0 Å². The van der Waals surface area contributed by atoms with Gasteiger partial charge in [0.15, 0.2) is 12.4 Å². The summed E-state index contributed by atoms with van der Waals surface area (Å²) < 4.78 is 15.0. The van der Waals surface area contributed by atoms with Crippen LogP contribution in [-0.2, 0) is 19.0 Å². The monoisotopic (exact) mass is 294 g/mol. The molecule has 9 heteroatoms. The predicted molar refractivity (Wildman–Crippen MR) is 60.2 cm³/mol. The van der Waals surface area contributed by atoms with Crippen LogP contribution in [0.15, 0.2) is 0 Å². The topological polar surface area (TPSA) is 146 Å². The number of carbonyl (C=O) groups excluding carboxylic acids is 1. The summed E-state index contributed by atoms with van der Waals surface area (Å²) in [4.78, 5) is 10.9. The normalized spacial score (nSPS) is 45.5. The van der Waals surface area contributed by atoms with Crippen LogP contribution in [0, 0.1) is 0 Å². The fraction of sp³-hybridized carbons (Fsp3) is 0.909. The van der Waals surface area contributed by atoms with Gasteiger partial charge in [-0.15, -0.1) is 0 Å². The van der Waals surface area contributed by atoms with Crippen molar-refractivity contribution in [1.29, 1.82) is 0 Å². The van der Waals surface area contributed by atoms with E-state index in [2.05, 4.69) is 0 Å². The largest absolute Gasteiger partial charge is 0.457 e. The highest BCUT2D eigenvalue weighted by atomic mass is 16.7. The number of hydrogen-bond donors (Lipinski definition) is 5. The van der Waals surface area contributed by atoms with Crippen molar-refractivity contribution in [3.05, 3.63) is 0 Å². The highest BCUT2D eigenvalue weighted by Crippen LogP contribution is 2.23. The third-order valence-electron chi connectivity index (χ3n) is 3.36. The summed E-state index contributed by atoms with van der Waals surface area (Å²) >= 11 is 0. The first kappa shape index (κ1) is 15.6. The number of aliphatic hydroxyl groups is 5. The number of esters is 1. The minimum Gasteiger partial charge on any atom is -0.457 e. The van der Waals surface area contributed by atoms with Gasteiger partial charge in [-0.1, -0.05) is 0 Å². The summed E-state index contributed by atoms with van der Waals surface area (Å²) in [5, 5.41) is 47.3. The number of hydrogen-bond acceptors (Lipinski definition) is 9. The van der Waals surface area contributed by atoms with E-state index in [1.165, 1.54) is 0 Å². The first-order valence-electron chi connectivity index (χ1n) is 6.23. The molecule has 2 saturated heterocycles. The van der Waals surface area contributed by atoms with Gasteiger partial charge in [0, 0.05) is 0 Å². The van der Waals surface area contributed by atoms with E-state index in [-0.39, 0.29) is 13.0 Å². The first-order valence-corrected chi connectivity index (χ1v) is 6.23. The Morgan fingerprint density at radius 1 is 1.10 bits per heavy atom. The Morgan fingerprint density at radius 2 is 1.80 bits per heavy atom. The summed E-state index contributed by atoms with van der Waals surface area (Å²) in [5.41, 5.74) is 0. The number of cyclic esters (lactones) is 1. The molecule has 7 unspecified atom stereocenters. The van der Waals surface area contributed by atoms with E-state index >= 15 is 0 Å². The van der Waals surface area contributed by atoms with Crippen molar-refractivity contribution in [3.63, 3.8) is 0 Å². The summed E-state index contributed by atoms with van der Waals surface area (Å²) in [7, 11) is 0. The van der Waals surface area contributed by atoms with E-state index in [0.717, 1.165) is 0 Å². The van der Waals surface area contributed by atoms with E-state index in [9.17, 15) is 25.2 Å². The summed E-state index contributed by atoms with van der Waals surface area (Å²) in [6.45, 7) is -0.804. The van der Waals surface area contributed by atoms with E-state index in [4.69, 9.17) is 19.3 Å². The van der Waals surface area contributed by atoms with Crippen molar-refractivity contribution in [2.45, 2.75) is 49.3 Å². The Hall–Kier alpha value is -0.810. The van der Waals surface area contributed by atoms with Gasteiger partial charge in [0.2, 0.25) is 0 Å². The van der Waals surface area contributed by atoms with E-state index < -0.39 is 55.5 Å². The Labute approximate surface area is 114 Å². The fourth-order valence-corrected chi connectivity index (χ4v) is 2.14. The molecule has 0 bridgehead atoms. The lowest BCUT2D eigenvalue weighted by molar-refractivity contribution is -0.305. The van der Waals surface area contributed by atoms with Crippen LogP contribution in [0.2, 0.25) is 0 Å². The van der Waals surface area contributed by atoms with Gasteiger partial charge in [-0.05, 0) is 0 Å². The Morgan fingerprint density at radius 3 is 2.35 bits per heavy atom. The summed E-state index contributed by atoms with van der Waals surface area (Å²) in [6.07, 6.45) is -8.94. The quantitative estimate of drug-likeness (QED) is 0.333. The van der Waals surface area contributed by atoms with Crippen LogP contribution in [0.3, 0.4) is 0 Å². The molecule has 0 aliphatic carbocycles. The molecule has 0 radical (unpaired) electrons. The van der Waals surface area contributed by atoms with Gasteiger partial charge < -0.3 is 39.7 Å². The zero-order valence-electron chi connectivity index (χ0n) is 10.5. The molecule has 0 aromatic rings. The number of rotatable bonds is 4. The zero-order chi connectivity index (χ0) is 14.9. The van der Waals surface area contributed by atoms with Crippen LogP contribution in [-0.4, -0.2) is 87.6 Å². The van der Waals surface area contributed by atoms with Gasteiger partial charge in [0.05, 0.1) is 19.6 Å². The van der Waals surface area contributed by atoms with Crippen molar-refractivity contribution in [3.8, 4) is 0 Å². The molecule has 7 atom stereocenters. The van der Waals surface area contributed by atoms with Crippen molar-refractivity contribution in [1.82, 2.24) is 0 Å². The zero-order valence-corrected chi connectivity index (χ0v) is 10.5. The van der Waals surface area contributed by atoms with Crippen LogP contribution in [0.5, 0.6) is 0 Å². The lowest BCUT2D eigenvalue weighted by Crippen LogP contribution is -2.59. The van der Waals surface area contributed by atoms with Gasteiger partial charge in [-0.2, -0.15) is 0 Å². The lowest BCUT2D eigenvalue weighted by Gasteiger charge is -2.39. The molecule has 2 aliphatic heterocycles. The third-order valence-corrected chi connectivity index (χ3v) is 3.36. The molecule has 2 heterocycles. The SMILES string of the molecule is O=C1CC(O)C(COC2OC(CO)C(O)C(O)C2O)O1. The average molecular weight is 294 g/mol. The molecule has 2 aliphatic rings. The highest BCUT2D eigenvalue weighted by Gasteiger charge is 2.45. The molecule has 20 heavy (non-hydrogen) atoms. The molecule has 9 nitrogen and oxygen atoms in total. The molecule has 0 amide bonds. The Kier molecular flexibility index (Phi) is 4.91. The van der Waals surface area contributed by atoms with Crippen molar-refractivity contribution in [2.24, 2.45) is 0 Å². The van der Waals surface area contributed by atoms with Crippen LogP contribution in [0.4, 0.5) is 0 Å². The molecule has 2 rings (SSSR count). The molecule has 0 aromatic heterocycles. The van der Waals surface area contributed by atoms with Crippen molar-refractivity contribution < 1.29 is 44.5 Å². The van der Waals surface area contributed by atoms with E-state index in [1.54, 1.807) is 0 Å². The maximum absolute atomic E-state index is 10.9. The number of ether oxygens (including phenoxy) is 3. The summed E-state index contributed by atoms with van der Waals surface area (Å²) in [5.74, 6) is -0.556. The van der Waals surface area contributed by atoms with Crippen LogP contribution >= 0.6 is 0 Å². The average Bonchev–Trinajstić information content (AvgIpc) is 2.74. The first-order chi connectivity index (χ1) is 9.43. The molecule has 5 N–H and O–H groups in total. The van der Waals surface area contributed by atoms with Crippen LogP contribution in [0.1, 0.15) is 6.42 Å². The molecular formula is C11H18O9. The molecule has 116 valence electrons. The number of aliphatic hydroxyl groups excluding tert-OH is 5. The third kappa shape index (κ3) is 3.09. The van der Waals surface area contributed by atoms with Crippen LogP contribution in [0.25, 0.3) is 0 Å². The Balaban J connectivity index is 1.90. The molecule has 0 saturated carbocycles. The van der Waals surface area contributed by atoms with Crippen molar-refractivity contribution >= 4 is 5.97 Å². The van der Waals surface area contributed by atoms with E-state index in [0.29, 0.717) is 0 Å². The van der Waals surface area contributed by atoms with Crippen molar-refractivity contribution in [2.75, 3.05) is 13.2 Å². The smallest absolute Gasteiger partial charge is 0.309 e. The Bertz CT molecular complexity index is 347. The van der Waals surface area contributed by atoms with Gasteiger partial charge in [-0.25, -0.2) is 0 Å². The van der Waals surface area contributed by atoms with Crippen LogP contribution < -0.4 is 0 Å². The minimum absolute atomic E-state index is 0.136. The molecule has 0 spiro atoms. The second-order valence-corrected chi connectivity index (χ2v) is 4.83. The fourth-order valence-electron chi connectivity index (χ4n) is 2.14.